The van der Waals surface area contributed by atoms with E-state index in [1.807, 2.05) is 69.3 Å². The van der Waals surface area contributed by atoms with E-state index in [-0.39, 0.29) is 25.2 Å². The molecule has 188 valence electrons. The monoisotopic (exact) mass is 484 g/mol. The zero-order valence-electron chi connectivity index (χ0n) is 20.3. The standard InChI is InChI=1S/C25H37ClO5.CH4O/c1-4-5-25(26)22(9-6-21(18-28)17-23(29)12-13-27)16-20-7-10-24(11-8-20)31-15-14-30-19(2)3;1-2/h4-11,19,21,23,27-29H,12-18H2,1-3H3;2H,1H3/b5-4-,9-6+,25-22-;. The molecule has 0 bridgehead atoms. The van der Waals surface area contributed by atoms with Gasteiger partial charge in [0, 0.05) is 31.3 Å². The van der Waals surface area contributed by atoms with Crippen molar-refractivity contribution in [2.24, 2.45) is 5.92 Å². The van der Waals surface area contributed by atoms with Crippen LogP contribution in [-0.4, -0.2) is 66.2 Å². The molecule has 0 fully saturated rings. The van der Waals surface area contributed by atoms with Crippen LogP contribution in [0.3, 0.4) is 0 Å². The molecule has 0 amide bonds. The van der Waals surface area contributed by atoms with E-state index in [1.54, 1.807) is 0 Å². The lowest BCUT2D eigenvalue weighted by Gasteiger charge is -2.15. The number of allylic oxidation sites excluding steroid dienone is 5. The van der Waals surface area contributed by atoms with Crippen molar-refractivity contribution in [1.29, 1.82) is 0 Å². The lowest BCUT2D eigenvalue weighted by molar-refractivity contribution is 0.0552. The Morgan fingerprint density at radius 3 is 2.27 bits per heavy atom. The fraction of sp³-hybridized carbons (Fsp3) is 0.538. The summed E-state index contributed by atoms with van der Waals surface area (Å²) in [4.78, 5) is 0. The fourth-order valence-electron chi connectivity index (χ4n) is 2.93. The molecule has 7 heteroatoms. The predicted molar refractivity (Wildman–Crippen MR) is 135 cm³/mol. The Balaban J connectivity index is 0.00000497. The first-order chi connectivity index (χ1) is 15.9. The number of hydrogen-bond donors (Lipinski definition) is 4. The quantitative estimate of drug-likeness (QED) is 0.222. The molecule has 2 unspecified atom stereocenters. The van der Waals surface area contributed by atoms with Gasteiger partial charge < -0.3 is 29.9 Å². The summed E-state index contributed by atoms with van der Waals surface area (Å²) in [7, 11) is 1.00. The van der Waals surface area contributed by atoms with Crippen molar-refractivity contribution in [1.82, 2.24) is 0 Å². The van der Waals surface area contributed by atoms with Crippen molar-refractivity contribution >= 4 is 11.6 Å². The molecular weight excluding hydrogens is 444 g/mol. The highest BCUT2D eigenvalue weighted by Gasteiger charge is 2.12. The van der Waals surface area contributed by atoms with Crippen LogP contribution in [0.25, 0.3) is 0 Å². The summed E-state index contributed by atoms with van der Waals surface area (Å²) >= 11 is 6.48. The number of rotatable bonds is 15. The summed E-state index contributed by atoms with van der Waals surface area (Å²) in [6.07, 6.45) is 8.32. The third-order valence-electron chi connectivity index (χ3n) is 4.58. The summed E-state index contributed by atoms with van der Waals surface area (Å²) in [6, 6.07) is 7.86. The maximum Gasteiger partial charge on any atom is 0.119 e. The Morgan fingerprint density at radius 1 is 1.06 bits per heavy atom. The van der Waals surface area contributed by atoms with Gasteiger partial charge in [0.25, 0.3) is 0 Å². The average molecular weight is 485 g/mol. The number of halogens is 1. The third-order valence-corrected chi connectivity index (χ3v) is 4.95. The van der Waals surface area contributed by atoms with Crippen LogP contribution in [0.2, 0.25) is 0 Å². The van der Waals surface area contributed by atoms with Gasteiger partial charge in [-0.25, -0.2) is 0 Å². The maximum absolute atomic E-state index is 9.90. The average Bonchev–Trinajstić information content (AvgIpc) is 2.80. The first kappa shape index (κ1) is 31.3. The van der Waals surface area contributed by atoms with E-state index in [0.29, 0.717) is 37.5 Å². The van der Waals surface area contributed by atoms with Crippen LogP contribution in [0, 0.1) is 5.92 Å². The lowest BCUT2D eigenvalue weighted by Crippen LogP contribution is -2.16. The van der Waals surface area contributed by atoms with Gasteiger partial charge in [0.1, 0.15) is 12.4 Å². The molecule has 1 rings (SSSR count). The minimum atomic E-state index is -0.649. The predicted octanol–water partition coefficient (Wildman–Crippen LogP) is 4.01. The molecule has 6 nitrogen and oxygen atoms in total. The highest BCUT2D eigenvalue weighted by Crippen LogP contribution is 2.22. The summed E-state index contributed by atoms with van der Waals surface area (Å²) in [5, 5.41) is 36.1. The van der Waals surface area contributed by atoms with E-state index < -0.39 is 6.10 Å². The van der Waals surface area contributed by atoms with Gasteiger partial charge in [0.2, 0.25) is 0 Å². The third kappa shape index (κ3) is 15.0. The molecule has 0 radical (unpaired) electrons. The Labute approximate surface area is 203 Å². The molecule has 1 aromatic rings. The number of ether oxygens (including phenoxy) is 2. The zero-order valence-corrected chi connectivity index (χ0v) is 21.0. The Bertz CT molecular complexity index is 697. The number of benzene rings is 1. The number of hydrogen-bond acceptors (Lipinski definition) is 6. The van der Waals surface area contributed by atoms with Crippen molar-refractivity contribution < 1.29 is 29.9 Å². The molecule has 2 atom stereocenters. The molecule has 0 spiro atoms. The summed E-state index contributed by atoms with van der Waals surface area (Å²) in [5.74, 6) is 0.574. The first-order valence-electron chi connectivity index (χ1n) is 11.3. The highest BCUT2D eigenvalue weighted by molar-refractivity contribution is 6.31. The van der Waals surface area contributed by atoms with Gasteiger partial charge in [-0.1, -0.05) is 42.0 Å². The van der Waals surface area contributed by atoms with Crippen LogP contribution in [0.15, 0.2) is 59.2 Å². The Kier molecular flexibility index (Phi) is 18.8. The largest absolute Gasteiger partial charge is 0.491 e. The molecule has 4 N–H and O–H groups in total. The van der Waals surface area contributed by atoms with Gasteiger partial charge in [0.05, 0.1) is 18.8 Å². The highest BCUT2D eigenvalue weighted by atomic mass is 35.5. The molecule has 0 saturated carbocycles. The van der Waals surface area contributed by atoms with E-state index in [1.165, 1.54) is 0 Å². The Morgan fingerprint density at radius 2 is 1.73 bits per heavy atom. The minimum Gasteiger partial charge on any atom is -0.491 e. The molecule has 1 aromatic carbocycles. The molecule has 0 aromatic heterocycles. The Hall–Kier alpha value is -1.67. The van der Waals surface area contributed by atoms with Crippen LogP contribution in [-0.2, 0) is 11.2 Å². The molecule has 0 aliphatic rings. The first-order valence-corrected chi connectivity index (χ1v) is 11.6. The van der Waals surface area contributed by atoms with Crippen LogP contribution in [0.5, 0.6) is 5.75 Å². The zero-order chi connectivity index (χ0) is 25.1. The topological polar surface area (TPSA) is 99.4 Å². The van der Waals surface area contributed by atoms with Crippen LogP contribution >= 0.6 is 11.6 Å². The normalized spacial score (nSPS) is 14.2. The van der Waals surface area contributed by atoms with E-state index >= 15 is 0 Å². The van der Waals surface area contributed by atoms with Gasteiger partial charge >= 0.3 is 0 Å². The van der Waals surface area contributed by atoms with Crippen molar-refractivity contribution in [3.8, 4) is 5.75 Å². The molecule has 0 aliphatic carbocycles. The molecule has 0 heterocycles. The second-order valence-corrected chi connectivity index (χ2v) is 8.07. The second-order valence-electron chi connectivity index (χ2n) is 7.67. The van der Waals surface area contributed by atoms with Gasteiger partial charge in [0.15, 0.2) is 0 Å². The van der Waals surface area contributed by atoms with Gasteiger partial charge in [-0.05, 0) is 69.4 Å². The second kappa shape index (κ2) is 19.8. The molecule has 0 saturated heterocycles. The van der Waals surface area contributed by atoms with E-state index in [0.717, 1.165) is 24.0 Å². The van der Waals surface area contributed by atoms with Gasteiger partial charge in [-0.15, -0.1) is 0 Å². The summed E-state index contributed by atoms with van der Waals surface area (Å²) in [5.41, 5.74) is 1.99. The summed E-state index contributed by atoms with van der Waals surface area (Å²) in [6.45, 7) is 6.78. The maximum atomic E-state index is 9.90. The van der Waals surface area contributed by atoms with E-state index in [9.17, 15) is 10.2 Å². The van der Waals surface area contributed by atoms with Gasteiger partial charge in [-0.3, -0.25) is 0 Å². The SMILES string of the molecule is CO.C\C=C/C(Cl)=C(\C=C\C(CO)CC(O)CCO)Cc1ccc(OCCOC(C)C)cc1. The smallest absolute Gasteiger partial charge is 0.119 e. The van der Waals surface area contributed by atoms with Crippen LogP contribution in [0.1, 0.15) is 39.2 Å². The van der Waals surface area contributed by atoms with Crippen molar-refractivity contribution in [3.05, 3.63) is 64.7 Å². The number of aliphatic hydroxyl groups is 4. The van der Waals surface area contributed by atoms with Crippen molar-refractivity contribution in [2.45, 2.75) is 52.2 Å². The van der Waals surface area contributed by atoms with Gasteiger partial charge in [-0.2, -0.15) is 0 Å². The van der Waals surface area contributed by atoms with E-state index in [4.69, 9.17) is 31.3 Å². The molecule has 0 aliphatic heterocycles. The van der Waals surface area contributed by atoms with Crippen molar-refractivity contribution in [2.75, 3.05) is 33.5 Å². The van der Waals surface area contributed by atoms with Crippen molar-refractivity contribution in [3.63, 3.8) is 0 Å². The molecule has 33 heavy (non-hydrogen) atoms. The molecular formula is C26H41ClO6. The van der Waals surface area contributed by atoms with Crippen LogP contribution < -0.4 is 4.74 Å². The minimum absolute atomic E-state index is 0.0776. The van der Waals surface area contributed by atoms with E-state index in [2.05, 4.69) is 0 Å². The lowest BCUT2D eigenvalue weighted by atomic mass is 9.97. The van der Waals surface area contributed by atoms with Crippen LogP contribution in [0.4, 0.5) is 0 Å². The number of aliphatic hydroxyl groups excluding tert-OH is 4. The summed E-state index contributed by atoms with van der Waals surface area (Å²) < 4.78 is 11.2. The fourth-order valence-corrected chi connectivity index (χ4v) is 3.18.